The van der Waals surface area contributed by atoms with Gasteiger partial charge in [-0.15, -0.1) is 11.3 Å². The number of ether oxygens (including phenoxy) is 1. The summed E-state index contributed by atoms with van der Waals surface area (Å²) >= 11 is 1.42. The van der Waals surface area contributed by atoms with Crippen LogP contribution in [0.3, 0.4) is 0 Å². The Morgan fingerprint density at radius 1 is 1.25 bits per heavy atom. The molecule has 0 aliphatic rings. The normalized spacial score (nSPS) is 10.5. The minimum Gasteiger partial charge on any atom is -0.465 e. The first-order chi connectivity index (χ1) is 9.63. The summed E-state index contributed by atoms with van der Waals surface area (Å²) in [4.78, 5) is 12.5. The van der Waals surface area contributed by atoms with Crippen molar-refractivity contribution in [3.05, 3.63) is 51.9 Å². The van der Waals surface area contributed by atoms with Gasteiger partial charge in [0.1, 0.15) is 5.00 Å². The first-order valence-electron chi connectivity index (χ1n) is 6.29. The van der Waals surface area contributed by atoms with E-state index in [-0.39, 0.29) is 6.61 Å². The minimum atomic E-state index is -0.391. The maximum absolute atomic E-state index is 11.5. The number of aliphatic hydroxyl groups is 1. The van der Waals surface area contributed by atoms with Crippen LogP contribution < -0.4 is 5.73 Å². The predicted molar refractivity (Wildman–Crippen MR) is 79.8 cm³/mol. The number of aryl methyl sites for hydroxylation is 2. The fourth-order valence-electron chi connectivity index (χ4n) is 1.93. The van der Waals surface area contributed by atoms with Gasteiger partial charge < -0.3 is 15.6 Å². The van der Waals surface area contributed by atoms with Gasteiger partial charge in [0.15, 0.2) is 0 Å². The molecule has 5 heteroatoms. The molecule has 20 heavy (non-hydrogen) atoms. The average Bonchev–Trinajstić information content (AvgIpc) is 2.86. The number of hydrogen-bond donors (Lipinski definition) is 2. The molecule has 1 aromatic carbocycles. The Balaban J connectivity index is 2.01. The van der Waals surface area contributed by atoms with Crippen LogP contribution in [0.25, 0.3) is 0 Å². The van der Waals surface area contributed by atoms with Gasteiger partial charge in [-0.2, -0.15) is 0 Å². The van der Waals surface area contributed by atoms with E-state index in [1.54, 1.807) is 6.07 Å². The number of nitrogens with two attached hydrogens (primary N) is 1. The summed E-state index contributed by atoms with van der Waals surface area (Å²) in [6.45, 7) is 0.0597. The quantitative estimate of drug-likeness (QED) is 0.830. The molecule has 0 bridgehead atoms. The van der Waals surface area contributed by atoms with Gasteiger partial charge in [0.2, 0.25) is 0 Å². The summed E-state index contributed by atoms with van der Waals surface area (Å²) in [7, 11) is 1.35. The van der Waals surface area contributed by atoms with Crippen molar-refractivity contribution in [1.29, 1.82) is 0 Å². The molecule has 0 amide bonds. The van der Waals surface area contributed by atoms with Crippen LogP contribution in [-0.2, 0) is 24.2 Å². The van der Waals surface area contributed by atoms with E-state index in [0.717, 1.165) is 23.3 Å². The molecule has 2 rings (SSSR count). The molecule has 0 fully saturated rings. The van der Waals surface area contributed by atoms with Gasteiger partial charge >= 0.3 is 5.97 Å². The summed E-state index contributed by atoms with van der Waals surface area (Å²) in [6.07, 6.45) is 1.69. The summed E-state index contributed by atoms with van der Waals surface area (Å²) in [5.74, 6) is -0.391. The second-order valence-corrected chi connectivity index (χ2v) is 5.63. The molecule has 0 atom stereocenters. The first kappa shape index (κ1) is 14.6. The van der Waals surface area contributed by atoms with Gasteiger partial charge in [-0.1, -0.05) is 24.3 Å². The highest BCUT2D eigenvalue weighted by Gasteiger charge is 2.14. The molecule has 1 aromatic heterocycles. The van der Waals surface area contributed by atoms with Gasteiger partial charge in [0, 0.05) is 4.88 Å². The third kappa shape index (κ3) is 3.37. The molecule has 0 saturated heterocycles. The molecule has 0 spiro atoms. The Bertz CT molecular complexity index is 590. The van der Waals surface area contributed by atoms with Crippen LogP contribution in [-0.4, -0.2) is 18.2 Å². The SMILES string of the molecule is COC(=O)c1cc(CCc2ccc(CO)cc2)sc1N. The van der Waals surface area contributed by atoms with Crippen LogP contribution in [0, 0.1) is 0 Å². The monoisotopic (exact) mass is 291 g/mol. The van der Waals surface area contributed by atoms with E-state index in [2.05, 4.69) is 4.74 Å². The molecule has 0 unspecified atom stereocenters. The van der Waals surface area contributed by atoms with Crippen molar-refractivity contribution >= 4 is 22.3 Å². The van der Waals surface area contributed by atoms with Crippen molar-refractivity contribution in [2.45, 2.75) is 19.4 Å². The van der Waals surface area contributed by atoms with E-state index in [9.17, 15) is 4.79 Å². The van der Waals surface area contributed by atoms with Gasteiger partial charge in [0.25, 0.3) is 0 Å². The number of esters is 1. The largest absolute Gasteiger partial charge is 0.465 e. The van der Waals surface area contributed by atoms with E-state index in [0.29, 0.717) is 10.6 Å². The highest BCUT2D eigenvalue weighted by molar-refractivity contribution is 7.16. The highest BCUT2D eigenvalue weighted by atomic mass is 32.1. The Morgan fingerprint density at radius 3 is 2.50 bits per heavy atom. The highest BCUT2D eigenvalue weighted by Crippen LogP contribution is 2.26. The Morgan fingerprint density at radius 2 is 1.90 bits per heavy atom. The van der Waals surface area contributed by atoms with E-state index < -0.39 is 5.97 Å². The number of carbonyl (C=O) groups is 1. The van der Waals surface area contributed by atoms with Crippen molar-refractivity contribution in [1.82, 2.24) is 0 Å². The molecular weight excluding hydrogens is 274 g/mol. The number of rotatable bonds is 5. The fourth-order valence-corrected chi connectivity index (χ4v) is 2.84. The topological polar surface area (TPSA) is 72.5 Å². The first-order valence-corrected chi connectivity index (χ1v) is 7.11. The molecule has 0 aliphatic carbocycles. The lowest BCUT2D eigenvalue weighted by atomic mass is 10.1. The molecule has 2 aromatic rings. The molecular formula is C15H17NO3S. The zero-order valence-corrected chi connectivity index (χ0v) is 12.1. The predicted octanol–water partition coefficient (Wildman–Crippen LogP) is 2.39. The third-order valence-electron chi connectivity index (χ3n) is 3.08. The number of methoxy groups -OCH3 is 1. The van der Waals surface area contributed by atoms with Crippen LogP contribution in [0.15, 0.2) is 30.3 Å². The Kier molecular flexibility index (Phi) is 4.76. The van der Waals surface area contributed by atoms with Gasteiger partial charge in [-0.25, -0.2) is 4.79 Å². The zero-order chi connectivity index (χ0) is 14.5. The van der Waals surface area contributed by atoms with Crippen LogP contribution in [0.4, 0.5) is 5.00 Å². The number of thiophene rings is 1. The summed E-state index contributed by atoms with van der Waals surface area (Å²) < 4.78 is 4.68. The molecule has 3 N–H and O–H groups in total. The van der Waals surface area contributed by atoms with Gasteiger partial charge in [-0.05, 0) is 30.0 Å². The maximum atomic E-state index is 11.5. The molecule has 0 radical (unpaired) electrons. The fraction of sp³-hybridized carbons (Fsp3) is 0.267. The third-order valence-corrected chi connectivity index (χ3v) is 4.11. The summed E-state index contributed by atoms with van der Waals surface area (Å²) in [5.41, 5.74) is 8.36. The van der Waals surface area contributed by atoms with Crippen molar-refractivity contribution in [2.75, 3.05) is 12.8 Å². The van der Waals surface area contributed by atoms with E-state index >= 15 is 0 Å². The van der Waals surface area contributed by atoms with E-state index in [4.69, 9.17) is 10.8 Å². The molecule has 0 aliphatic heterocycles. The number of hydrogen-bond acceptors (Lipinski definition) is 5. The van der Waals surface area contributed by atoms with Crippen molar-refractivity contribution < 1.29 is 14.6 Å². The lowest BCUT2D eigenvalue weighted by Crippen LogP contribution is -2.02. The smallest absolute Gasteiger partial charge is 0.340 e. The standard InChI is InChI=1S/C15H17NO3S/c1-19-15(18)13-8-12(20-14(13)16)7-6-10-2-4-11(9-17)5-3-10/h2-5,8,17H,6-7,9,16H2,1H3. The van der Waals surface area contributed by atoms with E-state index in [1.165, 1.54) is 24.0 Å². The molecule has 4 nitrogen and oxygen atoms in total. The van der Waals surface area contributed by atoms with Crippen LogP contribution >= 0.6 is 11.3 Å². The molecule has 0 saturated carbocycles. The zero-order valence-electron chi connectivity index (χ0n) is 11.3. The lowest BCUT2D eigenvalue weighted by molar-refractivity contribution is 0.0602. The second-order valence-electron chi connectivity index (χ2n) is 4.46. The van der Waals surface area contributed by atoms with Crippen molar-refractivity contribution in [3.8, 4) is 0 Å². The van der Waals surface area contributed by atoms with Crippen LogP contribution in [0.5, 0.6) is 0 Å². The van der Waals surface area contributed by atoms with Gasteiger partial charge in [-0.3, -0.25) is 0 Å². The molecule has 1 heterocycles. The summed E-state index contributed by atoms with van der Waals surface area (Å²) in [5, 5.41) is 9.49. The molecule has 106 valence electrons. The van der Waals surface area contributed by atoms with Crippen LogP contribution in [0.1, 0.15) is 26.4 Å². The minimum absolute atomic E-state index is 0.0597. The maximum Gasteiger partial charge on any atom is 0.340 e. The average molecular weight is 291 g/mol. The number of benzene rings is 1. The van der Waals surface area contributed by atoms with Gasteiger partial charge in [0.05, 0.1) is 19.3 Å². The number of aliphatic hydroxyl groups excluding tert-OH is 1. The number of carbonyl (C=O) groups excluding carboxylic acids is 1. The summed E-state index contributed by atoms with van der Waals surface area (Å²) in [6, 6.07) is 9.64. The van der Waals surface area contributed by atoms with Crippen molar-refractivity contribution in [2.24, 2.45) is 0 Å². The van der Waals surface area contributed by atoms with Crippen molar-refractivity contribution in [3.63, 3.8) is 0 Å². The number of anilines is 1. The van der Waals surface area contributed by atoms with Crippen LogP contribution in [0.2, 0.25) is 0 Å². The lowest BCUT2D eigenvalue weighted by Gasteiger charge is -2.01. The number of nitrogen functional groups attached to an aromatic ring is 1. The Labute approximate surface area is 121 Å². The Hall–Kier alpha value is -1.85. The van der Waals surface area contributed by atoms with E-state index in [1.807, 2.05) is 24.3 Å². The second kappa shape index (κ2) is 6.54.